The van der Waals surface area contributed by atoms with Gasteiger partial charge in [0.2, 0.25) is 0 Å². The summed E-state index contributed by atoms with van der Waals surface area (Å²) in [5.74, 6) is 0.367. The smallest absolute Gasteiger partial charge is 0.327 e. The molecule has 1 spiro atoms. The zero-order valence-electron chi connectivity index (χ0n) is 16.5. The molecule has 0 unspecified atom stereocenters. The van der Waals surface area contributed by atoms with Gasteiger partial charge in [-0.2, -0.15) is 0 Å². The third-order valence-corrected chi connectivity index (χ3v) is 5.82. The first-order valence-electron chi connectivity index (χ1n) is 9.93. The van der Waals surface area contributed by atoms with Gasteiger partial charge in [0.15, 0.2) is 5.78 Å². The molecule has 1 aromatic rings. The van der Waals surface area contributed by atoms with Crippen LogP contribution in [0.2, 0.25) is 0 Å². The first-order valence-corrected chi connectivity index (χ1v) is 9.93. The zero-order valence-corrected chi connectivity index (χ0v) is 16.5. The predicted octanol–water partition coefficient (Wildman–Crippen LogP) is 2.62. The Balaban J connectivity index is 1.57. The fraction of sp³-hybridized carbons (Fsp3) is 0.571. The second-order valence-electron chi connectivity index (χ2n) is 7.62. The monoisotopic (exact) mass is 388 g/mol. The molecule has 1 N–H and O–H groups in total. The maximum absolute atomic E-state index is 12.9. The van der Waals surface area contributed by atoms with Crippen molar-refractivity contribution < 1.29 is 24.2 Å². The number of imide groups is 1. The van der Waals surface area contributed by atoms with E-state index in [1.165, 1.54) is 0 Å². The second-order valence-corrected chi connectivity index (χ2v) is 7.62. The molecule has 1 aliphatic carbocycles. The number of rotatable bonds is 7. The van der Waals surface area contributed by atoms with Gasteiger partial charge in [-0.3, -0.25) is 14.5 Å². The first-order chi connectivity index (χ1) is 13.4. The Morgan fingerprint density at radius 3 is 2.43 bits per heavy atom. The summed E-state index contributed by atoms with van der Waals surface area (Å²) in [6.07, 6.45) is 3.75. The van der Waals surface area contributed by atoms with Crippen LogP contribution < -0.4 is 4.74 Å². The molecule has 0 aromatic heterocycles. The van der Waals surface area contributed by atoms with Crippen LogP contribution in [0, 0.1) is 0 Å². The van der Waals surface area contributed by atoms with E-state index in [9.17, 15) is 19.5 Å². The molecule has 3 amide bonds. The van der Waals surface area contributed by atoms with Crippen molar-refractivity contribution in [1.29, 1.82) is 0 Å². The lowest BCUT2D eigenvalue weighted by Gasteiger charge is -2.35. The number of carbonyl (C=O) groups excluding carboxylic acids is 3. The summed E-state index contributed by atoms with van der Waals surface area (Å²) in [5.41, 5.74) is -0.123. The Morgan fingerprint density at radius 1 is 1.18 bits per heavy atom. The normalized spacial score (nSPS) is 20.0. The number of carbonyl (C=O) groups is 3. The van der Waals surface area contributed by atoms with Crippen molar-refractivity contribution in [3.8, 4) is 5.75 Å². The minimum Gasteiger partial charge on any atom is -0.491 e. The van der Waals surface area contributed by atoms with E-state index in [0.29, 0.717) is 30.6 Å². The number of amides is 3. The Hall–Kier alpha value is -2.41. The number of hydrogen-bond acceptors (Lipinski definition) is 5. The number of hydrogen-bond donors (Lipinski definition) is 1. The molecule has 1 heterocycles. The van der Waals surface area contributed by atoms with Crippen LogP contribution >= 0.6 is 0 Å². The Bertz CT molecular complexity index is 740. The van der Waals surface area contributed by atoms with Gasteiger partial charge in [0.1, 0.15) is 24.0 Å². The standard InChI is InChI=1S/C21H28N2O5/c1-3-18(25)15-7-9-17(10-8-15)28-14-16(24)13-23-19(26)21(22(2)20(23)27)11-5-4-6-12-21/h7-10,16,24H,3-6,11-14H2,1-2H3/t16-/m1/s1. The third kappa shape index (κ3) is 3.76. The summed E-state index contributed by atoms with van der Waals surface area (Å²) >= 11 is 0. The summed E-state index contributed by atoms with van der Waals surface area (Å²) in [6, 6.07) is 6.36. The summed E-state index contributed by atoms with van der Waals surface area (Å²) in [7, 11) is 1.67. The lowest BCUT2D eigenvalue weighted by atomic mass is 9.81. The SMILES string of the molecule is CCC(=O)c1ccc(OC[C@H](O)CN2C(=O)N(C)C3(CCCCC3)C2=O)cc1. The van der Waals surface area contributed by atoms with E-state index in [2.05, 4.69) is 0 Å². The van der Waals surface area contributed by atoms with E-state index in [1.54, 1.807) is 43.1 Å². The highest BCUT2D eigenvalue weighted by Gasteiger charge is 2.55. The number of aliphatic hydroxyl groups excluding tert-OH is 1. The van der Waals surface area contributed by atoms with Crippen LogP contribution in [0.1, 0.15) is 55.8 Å². The quantitative estimate of drug-likeness (QED) is 0.573. The maximum Gasteiger partial charge on any atom is 0.327 e. The molecular weight excluding hydrogens is 360 g/mol. The van der Waals surface area contributed by atoms with E-state index in [0.717, 1.165) is 24.2 Å². The molecule has 1 aromatic carbocycles. The number of aliphatic hydroxyl groups is 1. The molecule has 1 saturated heterocycles. The van der Waals surface area contributed by atoms with Crippen molar-refractivity contribution in [3.05, 3.63) is 29.8 Å². The topological polar surface area (TPSA) is 87.2 Å². The number of β-amino-alcohol motifs (C(OH)–C–C–N with tert-alkyl or cyclic N) is 1. The molecule has 0 radical (unpaired) electrons. The Morgan fingerprint density at radius 2 is 1.82 bits per heavy atom. The summed E-state index contributed by atoms with van der Waals surface area (Å²) < 4.78 is 5.56. The summed E-state index contributed by atoms with van der Waals surface area (Å²) in [5, 5.41) is 10.3. The van der Waals surface area contributed by atoms with Gasteiger partial charge in [-0.05, 0) is 37.1 Å². The number of nitrogens with zero attached hydrogens (tertiary/aromatic N) is 2. The van der Waals surface area contributed by atoms with Gasteiger partial charge in [-0.15, -0.1) is 0 Å². The lowest BCUT2D eigenvalue weighted by Crippen LogP contribution is -2.49. The average molecular weight is 388 g/mol. The molecule has 7 nitrogen and oxygen atoms in total. The van der Waals surface area contributed by atoms with E-state index in [-0.39, 0.29) is 30.9 Å². The molecule has 1 aliphatic heterocycles. The van der Waals surface area contributed by atoms with Crippen molar-refractivity contribution >= 4 is 17.7 Å². The summed E-state index contributed by atoms with van der Waals surface area (Å²) in [6.45, 7) is 1.67. The molecule has 7 heteroatoms. The molecule has 3 rings (SSSR count). The number of likely N-dealkylation sites (N-methyl/N-ethyl adjacent to an activating group) is 1. The summed E-state index contributed by atoms with van der Waals surface area (Å²) in [4.78, 5) is 39.8. The van der Waals surface area contributed by atoms with Crippen molar-refractivity contribution in [2.75, 3.05) is 20.2 Å². The van der Waals surface area contributed by atoms with Crippen LogP contribution in [0.3, 0.4) is 0 Å². The third-order valence-electron chi connectivity index (χ3n) is 5.82. The van der Waals surface area contributed by atoms with Gasteiger partial charge in [-0.1, -0.05) is 26.2 Å². The van der Waals surface area contributed by atoms with Crippen molar-refractivity contribution in [1.82, 2.24) is 9.80 Å². The van der Waals surface area contributed by atoms with E-state index >= 15 is 0 Å². The molecule has 1 saturated carbocycles. The zero-order chi connectivity index (χ0) is 20.3. The van der Waals surface area contributed by atoms with Crippen LogP contribution in [0.4, 0.5) is 4.79 Å². The first kappa shape index (κ1) is 20.3. The molecule has 152 valence electrons. The van der Waals surface area contributed by atoms with Gasteiger partial charge in [-0.25, -0.2) is 4.79 Å². The maximum atomic E-state index is 12.9. The fourth-order valence-corrected chi connectivity index (χ4v) is 4.09. The Kier molecular flexibility index (Phi) is 6.03. The van der Waals surface area contributed by atoms with E-state index < -0.39 is 11.6 Å². The van der Waals surface area contributed by atoms with Crippen LogP contribution in [-0.2, 0) is 4.79 Å². The van der Waals surface area contributed by atoms with E-state index in [4.69, 9.17) is 4.74 Å². The minimum atomic E-state index is -0.989. The predicted molar refractivity (Wildman–Crippen MR) is 103 cm³/mol. The Labute approximate surface area is 165 Å². The average Bonchev–Trinajstić information content (AvgIpc) is 2.89. The number of Topliss-reactive ketones (excluding diaryl/α,β-unsaturated/α-hetero) is 1. The molecule has 28 heavy (non-hydrogen) atoms. The highest BCUT2D eigenvalue weighted by molar-refractivity contribution is 6.07. The minimum absolute atomic E-state index is 0.0468. The molecule has 2 fully saturated rings. The van der Waals surface area contributed by atoms with Crippen LogP contribution in [0.15, 0.2) is 24.3 Å². The highest BCUT2D eigenvalue weighted by Crippen LogP contribution is 2.39. The second kappa shape index (κ2) is 8.31. The lowest BCUT2D eigenvalue weighted by molar-refractivity contribution is -0.135. The number of benzene rings is 1. The van der Waals surface area contributed by atoms with Gasteiger partial charge < -0.3 is 14.7 Å². The molecule has 2 aliphatic rings. The van der Waals surface area contributed by atoms with Gasteiger partial charge >= 0.3 is 6.03 Å². The number of ketones is 1. The fourth-order valence-electron chi connectivity index (χ4n) is 4.09. The highest BCUT2D eigenvalue weighted by atomic mass is 16.5. The number of urea groups is 1. The van der Waals surface area contributed by atoms with Crippen molar-refractivity contribution in [3.63, 3.8) is 0 Å². The van der Waals surface area contributed by atoms with Gasteiger partial charge in [0.05, 0.1) is 6.54 Å². The van der Waals surface area contributed by atoms with Crippen LogP contribution in [0.5, 0.6) is 5.75 Å². The van der Waals surface area contributed by atoms with Crippen LogP contribution in [-0.4, -0.2) is 64.5 Å². The van der Waals surface area contributed by atoms with Crippen LogP contribution in [0.25, 0.3) is 0 Å². The molecule has 0 bridgehead atoms. The number of ether oxygens (including phenoxy) is 1. The van der Waals surface area contributed by atoms with Crippen molar-refractivity contribution in [2.45, 2.75) is 57.1 Å². The van der Waals surface area contributed by atoms with E-state index in [1.807, 2.05) is 0 Å². The largest absolute Gasteiger partial charge is 0.491 e. The van der Waals surface area contributed by atoms with Gasteiger partial charge in [0, 0.05) is 19.0 Å². The molecular formula is C21H28N2O5. The van der Waals surface area contributed by atoms with Crippen molar-refractivity contribution in [2.24, 2.45) is 0 Å². The van der Waals surface area contributed by atoms with Gasteiger partial charge in [0.25, 0.3) is 5.91 Å². The molecule has 1 atom stereocenters.